The van der Waals surface area contributed by atoms with Gasteiger partial charge in [0, 0.05) is 25.2 Å². The number of hydrogen-bond acceptors (Lipinski definition) is 4. The first-order valence-corrected chi connectivity index (χ1v) is 11.1. The molecule has 0 aliphatic heterocycles. The molecule has 0 fully saturated rings. The zero-order chi connectivity index (χ0) is 19.8. The third kappa shape index (κ3) is 13.1. The van der Waals surface area contributed by atoms with Gasteiger partial charge in [-0.15, -0.1) is 0 Å². The molecule has 0 amide bonds. The fourth-order valence-electron chi connectivity index (χ4n) is 3.50. The van der Waals surface area contributed by atoms with E-state index in [2.05, 4.69) is 25.7 Å². The van der Waals surface area contributed by atoms with Gasteiger partial charge in [-0.2, -0.15) is 0 Å². The van der Waals surface area contributed by atoms with Gasteiger partial charge >= 0.3 is 0 Å². The first kappa shape index (κ1) is 25.8. The molecule has 0 saturated heterocycles. The monoisotopic (exact) mass is 371 g/mol. The topological polar surface area (TPSA) is 69.7 Å². The standard InChI is InChI=1S/C22H47N2O2/c1-5-6-7-8-9-10-11-12-13-14-15-19(2)24(20(3)21(4)25)17-16-22(26)18-23/h19-22,25-26H,3,5-18,23H2,1-2,4H3. The first-order chi connectivity index (χ1) is 12.4. The lowest BCUT2D eigenvalue weighted by atomic mass is 10.0. The smallest absolute Gasteiger partial charge is 0.0674 e. The van der Waals surface area contributed by atoms with Crippen LogP contribution in [0.1, 0.15) is 97.8 Å². The van der Waals surface area contributed by atoms with Gasteiger partial charge in [0.25, 0.3) is 0 Å². The summed E-state index contributed by atoms with van der Waals surface area (Å²) in [5.74, 6) is 0. The minimum absolute atomic E-state index is 0.141. The lowest BCUT2D eigenvalue weighted by molar-refractivity contribution is 0.0453. The van der Waals surface area contributed by atoms with Crippen molar-refractivity contribution in [3.8, 4) is 0 Å². The maximum Gasteiger partial charge on any atom is 0.0674 e. The molecule has 0 aliphatic carbocycles. The van der Waals surface area contributed by atoms with Crippen molar-refractivity contribution < 1.29 is 10.2 Å². The van der Waals surface area contributed by atoms with Gasteiger partial charge in [0.2, 0.25) is 0 Å². The molecule has 0 aromatic rings. The summed E-state index contributed by atoms with van der Waals surface area (Å²) in [6, 6.07) is 0.226. The Morgan fingerprint density at radius 1 is 0.846 bits per heavy atom. The van der Waals surface area contributed by atoms with Gasteiger partial charge in [-0.25, -0.2) is 0 Å². The number of aliphatic hydroxyl groups is 2. The number of rotatable bonds is 18. The summed E-state index contributed by atoms with van der Waals surface area (Å²) in [6.45, 7) is 11.4. The molecule has 0 spiro atoms. The fourth-order valence-corrected chi connectivity index (χ4v) is 3.50. The van der Waals surface area contributed by atoms with Gasteiger partial charge in [0.15, 0.2) is 0 Å². The Balaban J connectivity index is 3.96. The van der Waals surface area contributed by atoms with Crippen molar-refractivity contribution in [3.63, 3.8) is 0 Å². The van der Waals surface area contributed by atoms with E-state index < -0.39 is 12.2 Å². The number of aliphatic hydroxyl groups excluding tert-OH is 2. The second-order valence-corrected chi connectivity index (χ2v) is 8.04. The number of hydrogen-bond donors (Lipinski definition) is 3. The Kier molecular flexibility index (Phi) is 16.9. The lowest BCUT2D eigenvalue weighted by Gasteiger charge is -2.36. The maximum absolute atomic E-state index is 9.92. The number of nitrogens with zero attached hydrogens (tertiary/aromatic N) is 1. The third-order valence-corrected chi connectivity index (χ3v) is 5.52. The van der Waals surface area contributed by atoms with Crippen LogP contribution in [0.2, 0.25) is 0 Å². The van der Waals surface area contributed by atoms with E-state index in [0.717, 1.165) is 13.0 Å². The van der Waals surface area contributed by atoms with Crippen LogP contribution in [0, 0.1) is 6.92 Å². The molecule has 4 N–H and O–H groups in total. The van der Waals surface area contributed by atoms with Crippen LogP contribution < -0.4 is 5.73 Å². The van der Waals surface area contributed by atoms with Gasteiger partial charge in [-0.1, -0.05) is 71.1 Å². The highest BCUT2D eigenvalue weighted by molar-refractivity contribution is 4.83. The van der Waals surface area contributed by atoms with Crippen LogP contribution in [-0.4, -0.2) is 52.5 Å². The van der Waals surface area contributed by atoms with E-state index in [1.807, 2.05) is 0 Å². The summed E-state index contributed by atoms with van der Waals surface area (Å²) in [5, 5.41) is 19.7. The molecule has 4 nitrogen and oxygen atoms in total. The van der Waals surface area contributed by atoms with Crippen LogP contribution in [0.15, 0.2) is 0 Å². The largest absolute Gasteiger partial charge is 0.392 e. The summed E-state index contributed by atoms with van der Waals surface area (Å²) >= 11 is 0. The van der Waals surface area contributed by atoms with Gasteiger partial charge in [0.1, 0.15) is 0 Å². The van der Waals surface area contributed by atoms with Crippen molar-refractivity contribution in [1.82, 2.24) is 4.90 Å². The van der Waals surface area contributed by atoms with Crippen molar-refractivity contribution in [3.05, 3.63) is 6.92 Å². The van der Waals surface area contributed by atoms with E-state index in [0.29, 0.717) is 12.5 Å². The average Bonchev–Trinajstić information content (AvgIpc) is 2.62. The summed E-state index contributed by atoms with van der Waals surface area (Å²) in [5.41, 5.74) is 5.51. The van der Waals surface area contributed by atoms with Crippen molar-refractivity contribution in [2.45, 2.75) is 122 Å². The summed E-state index contributed by atoms with van der Waals surface area (Å²) in [7, 11) is 0. The van der Waals surface area contributed by atoms with E-state index in [-0.39, 0.29) is 12.6 Å². The highest BCUT2D eigenvalue weighted by Gasteiger charge is 2.23. The fraction of sp³-hybridized carbons (Fsp3) is 0.955. The van der Waals surface area contributed by atoms with E-state index in [1.165, 1.54) is 64.2 Å². The summed E-state index contributed by atoms with van der Waals surface area (Å²) in [4.78, 5) is 2.23. The molecule has 0 rings (SSSR count). The molecule has 4 unspecified atom stereocenters. The van der Waals surface area contributed by atoms with Crippen molar-refractivity contribution in [2.75, 3.05) is 13.1 Å². The quantitative estimate of drug-likeness (QED) is 0.315. The highest BCUT2D eigenvalue weighted by Crippen LogP contribution is 2.17. The molecule has 0 aromatic carbocycles. The first-order valence-electron chi connectivity index (χ1n) is 11.1. The molecule has 26 heavy (non-hydrogen) atoms. The predicted molar refractivity (Wildman–Crippen MR) is 113 cm³/mol. The van der Waals surface area contributed by atoms with Gasteiger partial charge in [-0.05, 0) is 33.6 Å². The zero-order valence-corrected chi connectivity index (χ0v) is 17.8. The van der Waals surface area contributed by atoms with Gasteiger partial charge < -0.3 is 15.9 Å². The van der Waals surface area contributed by atoms with E-state index in [9.17, 15) is 10.2 Å². The van der Waals surface area contributed by atoms with Gasteiger partial charge in [0.05, 0.1) is 12.2 Å². The second-order valence-electron chi connectivity index (χ2n) is 8.04. The van der Waals surface area contributed by atoms with Crippen LogP contribution in [0.3, 0.4) is 0 Å². The third-order valence-electron chi connectivity index (χ3n) is 5.52. The van der Waals surface area contributed by atoms with Gasteiger partial charge in [-0.3, -0.25) is 4.90 Å². The predicted octanol–water partition coefficient (Wildman–Crippen LogP) is 4.28. The minimum atomic E-state index is -0.472. The zero-order valence-electron chi connectivity index (χ0n) is 17.8. The Hall–Kier alpha value is -0.160. The van der Waals surface area contributed by atoms with Crippen LogP contribution in [0.4, 0.5) is 0 Å². The Bertz CT molecular complexity index is 300. The maximum atomic E-state index is 9.92. The van der Waals surface area contributed by atoms with Crippen molar-refractivity contribution in [2.24, 2.45) is 5.73 Å². The van der Waals surface area contributed by atoms with Crippen LogP contribution in [0.25, 0.3) is 0 Å². The SMILES string of the molecule is [CH2]C(C(C)O)N(CCC(O)CN)C(C)CCCCCCCCCCCC. The number of unbranched alkanes of at least 4 members (excludes halogenated alkanes) is 9. The van der Waals surface area contributed by atoms with Crippen LogP contribution in [0.5, 0.6) is 0 Å². The van der Waals surface area contributed by atoms with Crippen molar-refractivity contribution >= 4 is 0 Å². The van der Waals surface area contributed by atoms with E-state index >= 15 is 0 Å². The van der Waals surface area contributed by atoms with Crippen molar-refractivity contribution in [1.29, 1.82) is 0 Å². The lowest BCUT2D eigenvalue weighted by Crippen LogP contribution is -2.47. The Morgan fingerprint density at radius 3 is 1.81 bits per heavy atom. The Labute approximate surface area is 163 Å². The second kappa shape index (κ2) is 17.0. The highest BCUT2D eigenvalue weighted by atomic mass is 16.3. The number of nitrogens with two attached hydrogens (primary N) is 1. The Morgan fingerprint density at radius 2 is 1.35 bits per heavy atom. The molecule has 4 atom stereocenters. The van der Waals surface area contributed by atoms with Crippen LogP contribution in [-0.2, 0) is 0 Å². The summed E-state index contributed by atoms with van der Waals surface area (Å²) in [6.07, 6.45) is 14.3. The molecule has 157 valence electrons. The molecular formula is C22H47N2O2. The van der Waals surface area contributed by atoms with Crippen LogP contribution >= 0.6 is 0 Å². The molecule has 4 heteroatoms. The summed E-state index contributed by atoms with van der Waals surface area (Å²) < 4.78 is 0. The average molecular weight is 372 g/mol. The van der Waals surface area contributed by atoms with E-state index in [4.69, 9.17) is 5.73 Å². The normalized spacial score (nSPS) is 16.6. The molecule has 0 bridgehead atoms. The molecule has 1 radical (unpaired) electrons. The van der Waals surface area contributed by atoms with E-state index in [1.54, 1.807) is 6.92 Å². The molecule has 0 heterocycles. The molecule has 0 saturated carbocycles. The minimum Gasteiger partial charge on any atom is -0.392 e. The molecular weight excluding hydrogens is 324 g/mol. The molecule has 0 aromatic heterocycles. The molecule has 0 aliphatic rings.